The molecule has 7 rings (SSSR count). The molecule has 5 aliphatic heterocycles. The van der Waals surface area contributed by atoms with Crippen LogP contribution in [0.4, 0.5) is 11.4 Å². The van der Waals surface area contributed by atoms with Gasteiger partial charge in [-0.05, 0) is 72.8 Å². The number of likely N-dealkylation sites (tertiary alicyclic amines) is 1. The Morgan fingerprint density at radius 2 is 1.84 bits per heavy atom. The Morgan fingerprint density at radius 1 is 1.08 bits per heavy atom. The molecule has 0 aromatic heterocycles. The molecule has 5 heterocycles. The number of sulfonamides is 1. The molecule has 4 fully saturated rings. The highest BCUT2D eigenvalue weighted by molar-refractivity contribution is 8.09. The van der Waals surface area contributed by atoms with Crippen molar-refractivity contribution < 1.29 is 32.4 Å². The van der Waals surface area contributed by atoms with Gasteiger partial charge >= 0.3 is 0 Å². The fourth-order valence-electron chi connectivity index (χ4n) is 7.59. The summed E-state index contributed by atoms with van der Waals surface area (Å²) in [6, 6.07) is 12.2. The number of thioether (sulfide) groups is 1. The zero-order valence-electron chi connectivity index (χ0n) is 28.0. The van der Waals surface area contributed by atoms with Crippen LogP contribution >= 0.6 is 11.8 Å². The predicted molar refractivity (Wildman–Crippen MR) is 193 cm³/mol. The zero-order valence-corrected chi connectivity index (χ0v) is 31.0. The molecule has 3 N–H and O–H groups in total. The van der Waals surface area contributed by atoms with E-state index in [9.17, 15) is 32.4 Å². The van der Waals surface area contributed by atoms with E-state index in [-0.39, 0.29) is 67.9 Å². The summed E-state index contributed by atoms with van der Waals surface area (Å²) < 4.78 is 28.3. The predicted octanol–water partition coefficient (Wildman–Crippen LogP) is 0.909. The van der Waals surface area contributed by atoms with E-state index in [4.69, 9.17) is 0 Å². The van der Waals surface area contributed by atoms with Gasteiger partial charge in [0.25, 0.3) is 5.91 Å². The van der Waals surface area contributed by atoms with E-state index in [1.807, 2.05) is 23.7 Å². The average molecular weight is 737 g/mol. The first-order valence-electron chi connectivity index (χ1n) is 16.7. The van der Waals surface area contributed by atoms with Gasteiger partial charge in [0, 0.05) is 54.1 Å². The number of hydrogen-bond acceptors (Lipinski definition) is 9. The number of nitrogens with one attached hydrogen (secondary N) is 3. The van der Waals surface area contributed by atoms with E-state index in [1.54, 1.807) is 56.6 Å². The molecule has 13 nitrogen and oxygen atoms in total. The van der Waals surface area contributed by atoms with Gasteiger partial charge in [-0.3, -0.25) is 29.3 Å². The maximum Gasteiger partial charge on any atom is 0.255 e. The first-order valence-corrected chi connectivity index (χ1v) is 19.9. The molecule has 0 saturated carbocycles. The summed E-state index contributed by atoms with van der Waals surface area (Å²) in [5, 5.41) is 9.28. The lowest BCUT2D eigenvalue weighted by Crippen LogP contribution is -2.55. The third-order valence-corrected chi connectivity index (χ3v) is 14.6. The Kier molecular flexibility index (Phi) is 8.80. The Labute approximate surface area is 298 Å². The maximum atomic E-state index is 13.4. The third kappa shape index (κ3) is 6.42. The van der Waals surface area contributed by atoms with Crippen molar-refractivity contribution in [3.8, 4) is 0 Å². The molecule has 5 aliphatic rings. The molecule has 2 aromatic carbocycles. The van der Waals surface area contributed by atoms with E-state index in [1.165, 1.54) is 16.9 Å². The van der Waals surface area contributed by atoms with Crippen molar-refractivity contribution in [2.75, 3.05) is 36.8 Å². The van der Waals surface area contributed by atoms with E-state index in [0.29, 0.717) is 35.5 Å². The highest BCUT2D eigenvalue weighted by atomic mass is 32.2. The van der Waals surface area contributed by atoms with Crippen LogP contribution < -0.4 is 16.0 Å². The highest BCUT2D eigenvalue weighted by Gasteiger charge is 2.66. The second-order valence-corrected chi connectivity index (χ2v) is 18.6. The van der Waals surface area contributed by atoms with Gasteiger partial charge < -0.3 is 20.4 Å². The number of hydrogen-bond donors (Lipinski definition) is 3. The summed E-state index contributed by atoms with van der Waals surface area (Å²) >= 11 is 1.39. The highest BCUT2D eigenvalue weighted by Crippen LogP contribution is 2.61. The number of fused-ring (bicyclic) bond motifs is 2. The number of amides is 5. The molecule has 5 amide bonds. The fraction of sp³-hybridized carbons (Fsp3) is 0.471. The smallest absolute Gasteiger partial charge is 0.255 e. The Bertz CT molecular complexity index is 1950. The lowest BCUT2D eigenvalue weighted by Gasteiger charge is -2.42. The molecule has 0 aliphatic carbocycles. The van der Waals surface area contributed by atoms with Gasteiger partial charge in [-0.1, -0.05) is 23.4 Å². The third-order valence-electron chi connectivity index (χ3n) is 10.3. The Hall–Kier alpha value is -3.86. The quantitative estimate of drug-likeness (QED) is 0.193. The fourth-order valence-corrected chi connectivity index (χ4v) is 11.7. The number of piperidine rings is 1. The SMILES string of the molecule is CC1(C)CC(=[SiH2])CCN1S(=O)(=O)Cc1cccc(NC(=O)C2CN(C(=O)CNc3cccc4c3CN([C@]35CCC(=O)NC(=O)C3S5)C4=O)C2)c1. The number of nitrogens with zero attached hydrogens (tertiary/aromatic N) is 3. The molecule has 0 bridgehead atoms. The summed E-state index contributed by atoms with van der Waals surface area (Å²) in [5.41, 5.74) is 2.50. The van der Waals surface area contributed by atoms with Crippen LogP contribution in [-0.4, -0.2) is 109 Å². The number of benzene rings is 2. The summed E-state index contributed by atoms with van der Waals surface area (Å²) in [6.07, 6.45) is 2.06. The number of rotatable bonds is 9. The van der Waals surface area contributed by atoms with Crippen molar-refractivity contribution >= 4 is 77.7 Å². The van der Waals surface area contributed by atoms with E-state index >= 15 is 0 Å². The number of anilines is 2. The van der Waals surface area contributed by atoms with Crippen LogP contribution in [0.3, 0.4) is 0 Å². The maximum absolute atomic E-state index is 13.4. The normalized spacial score (nSPS) is 24.9. The number of carbonyl (C=O) groups excluding carboxylic acids is 5. The molecule has 0 radical (unpaired) electrons. The van der Waals surface area contributed by atoms with Crippen molar-refractivity contribution in [2.24, 2.45) is 5.92 Å². The van der Waals surface area contributed by atoms with Crippen LogP contribution in [0, 0.1) is 5.92 Å². The van der Waals surface area contributed by atoms with Crippen LogP contribution in [0.1, 0.15) is 61.0 Å². The van der Waals surface area contributed by atoms with Crippen LogP contribution in [0.2, 0.25) is 0 Å². The Morgan fingerprint density at radius 3 is 2.60 bits per heavy atom. The van der Waals surface area contributed by atoms with Gasteiger partial charge in [0.15, 0.2) is 0 Å². The van der Waals surface area contributed by atoms with Gasteiger partial charge in [0.1, 0.15) is 10.1 Å². The van der Waals surface area contributed by atoms with Gasteiger partial charge in [0.05, 0.1) is 24.8 Å². The van der Waals surface area contributed by atoms with Crippen molar-refractivity contribution in [1.82, 2.24) is 19.4 Å². The molecular formula is C34H40N6O7S2Si. The van der Waals surface area contributed by atoms with Crippen molar-refractivity contribution in [1.29, 1.82) is 0 Å². The van der Waals surface area contributed by atoms with Crippen LogP contribution in [0.5, 0.6) is 0 Å². The average Bonchev–Trinajstić information content (AvgIpc) is 3.68. The summed E-state index contributed by atoms with van der Waals surface area (Å²) in [5.74, 6) is -1.88. The standard InChI is InChI=1S/C34H40N6O7S2Si/c1-33(2)14-23(50)10-12-40(33)49(46,47)19-20-5-3-6-22(13-20)36-30(43)21-16-38(17-21)28(42)15-35-26-8-4-7-24-25(26)18-39(32(24)45)34-11-9-27(41)37-31(44)29(34)48-34/h3-8,13,21,29,35H,9-12,14-19,50H2,1-2H3,(H,36,43)(H,37,41,44)/t29?,34-/m0/s1. The molecule has 4 saturated heterocycles. The number of carbonyl (C=O) groups is 5. The minimum absolute atomic E-state index is 0.0270. The summed E-state index contributed by atoms with van der Waals surface area (Å²) in [6.45, 7) is 5.12. The topological polar surface area (TPSA) is 165 Å². The summed E-state index contributed by atoms with van der Waals surface area (Å²) in [7, 11) is -1.72. The van der Waals surface area contributed by atoms with E-state index in [2.05, 4.69) is 16.0 Å². The van der Waals surface area contributed by atoms with Gasteiger partial charge in [-0.15, -0.1) is 11.8 Å². The molecule has 50 heavy (non-hydrogen) atoms. The molecule has 1 unspecified atom stereocenters. The lowest BCUT2D eigenvalue weighted by molar-refractivity contribution is -0.139. The van der Waals surface area contributed by atoms with Crippen molar-refractivity contribution in [2.45, 2.75) is 67.5 Å². The van der Waals surface area contributed by atoms with E-state index in [0.717, 1.165) is 18.4 Å². The molecule has 2 atom stereocenters. The summed E-state index contributed by atoms with van der Waals surface area (Å²) in [4.78, 5) is 66.4. The first kappa shape index (κ1) is 34.6. The minimum Gasteiger partial charge on any atom is -0.376 e. The molecule has 264 valence electrons. The van der Waals surface area contributed by atoms with Crippen LogP contribution in [-0.2, 0) is 41.5 Å². The second kappa shape index (κ2) is 12.7. The minimum atomic E-state index is -3.57. The molecule has 16 heteroatoms. The number of imide groups is 1. The second-order valence-electron chi connectivity index (χ2n) is 14.3. The van der Waals surface area contributed by atoms with Gasteiger partial charge in [-0.2, -0.15) is 4.31 Å². The van der Waals surface area contributed by atoms with E-state index < -0.39 is 31.6 Å². The van der Waals surface area contributed by atoms with Crippen LogP contribution in [0.15, 0.2) is 42.5 Å². The molecule has 2 aromatic rings. The van der Waals surface area contributed by atoms with Gasteiger partial charge in [-0.25, -0.2) is 8.42 Å². The Balaban J connectivity index is 0.909. The van der Waals surface area contributed by atoms with Crippen molar-refractivity contribution in [3.63, 3.8) is 0 Å². The largest absolute Gasteiger partial charge is 0.376 e. The monoisotopic (exact) mass is 736 g/mol. The zero-order chi connectivity index (χ0) is 35.6. The first-order chi connectivity index (χ1) is 23.7. The van der Waals surface area contributed by atoms with Crippen molar-refractivity contribution in [3.05, 3.63) is 59.2 Å². The van der Waals surface area contributed by atoms with Gasteiger partial charge in [0.2, 0.25) is 33.7 Å². The van der Waals surface area contributed by atoms with Crippen LogP contribution in [0.25, 0.3) is 0 Å². The molecular weight excluding hydrogens is 697 g/mol. The molecule has 0 spiro atoms. The lowest BCUT2D eigenvalue weighted by atomic mass is 9.93.